The molecule has 0 radical (unpaired) electrons. The monoisotopic (exact) mass is 459 g/mol. The fourth-order valence-corrected chi connectivity index (χ4v) is 3.79. The van der Waals surface area contributed by atoms with Crippen LogP contribution in [0.25, 0.3) is 0 Å². The lowest BCUT2D eigenvalue weighted by atomic mass is 10.1. The van der Waals surface area contributed by atoms with Gasteiger partial charge >= 0.3 is 0 Å². The standard InChI is InChI=1S/C25H21N3O6/c1-2-34-20-12-10-18(11-13-20)26(23(29)17-6-5-7-19(16-17)28(32)33)14-15-27-24(30)21-8-3-4-9-22(21)25(27)31/h3-13,16H,2,14-15H2,1H3. The van der Waals surface area contributed by atoms with E-state index in [0.29, 0.717) is 29.2 Å². The van der Waals surface area contributed by atoms with Crippen molar-refractivity contribution in [1.29, 1.82) is 0 Å². The Balaban J connectivity index is 1.62. The van der Waals surface area contributed by atoms with Gasteiger partial charge < -0.3 is 9.64 Å². The smallest absolute Gasteiger partial charge is 0.270 e. The van der Waals surface area contributed by atoms with E-state index in [1.165, 1.54) is 29.2 Å². The first-order valence-corrected chi connectivity index (χ1v) is 10.6. The van der Waals surface area contributed by atoms with E-state index in [2.05, 4.69) is 0 Å². The topological polar surface area (TPSA) is 110 Å². The summed E-state index contributed by atoms with van der Waals surface area (Å²) in [5.74, 6) is -0.719. The molecule has 4 rings (SSSR count). The molecule has 0 spiro atoms. The Morgan fingerprint density at radius 3 is 2.21 bits per heavy atom. The number of anilines is 1. The third-order valence-corrected chi connectivity index (χ3v) is 5.43. The van der Waals surface area contributed by atoms with Crippen molar-refractivity contribution in [2.45, 2.75) is 6.92 Å². The number of nitrogens with zero attached hydrogens (tertiary/aromatic N) is 3. The van der Waals surface area contributed by atoms with Crippen LogP contribution in [0.4, 0.5) is 11.4 Å². The number of carbonyl (C=O) groups is 3. The number of hydrogen-bond acceptors (Lipinski definition) is 6. The number of hydrogen-bond donors (Lipinski definition) is 0. The first-order chi connectivity index (χ1) is 16.4. The van der Waals surface area contributed by atoms with Crippen LogP contribution in [0.2, 0.25) is 0 Å². The van der Waals surface area contributed by atoms with Gasteiger partial charge in [-0.05, 0) is 49.4 Å². The summed E-state index contributed by atoms with van der Waals surface area (Å²) in [6.07, 6.45) is 0. The molecule has 3 aromatic carbocycles. The predicted octanol–water partition coefficient (Wildman–Crippen LogP) is 3.94. The Bertz CT molecular complexity index is 1240. The molecule has 0 saturated carbocycles. The largest absolute Gasteiger partial charge is 0.494 e. The van der Waals surface area contributed by atoms with Crippen LogP contribution in [0.15, 0.2) is 72.8 Å². The van der Waals surface area contributed by atoms with Crippen molar-refractivity contribution >= 4 is 29.1 Å². The van der Waals surface area contributed by atoms with Gasteiger partial charge in [0.2, 0.25) is 0 Å². The second-order valence-electron chi connectivity index (χ2n) is 7.50. The number of imide groups is 1. The molecule has 1 aliphatic heterocycles. The van der Waals surface area contributed by atoms with Gasteiger partial charge in [-0.1, -0.05) is 18.2 Å². The Morgan fingerprint density at radius 1 is 0.971 bits per heavy atom. The highest BCUT2D eigenvalue weighted by Gasteiger charge is 2.35. The maximum Gasteiger partial charge on any atom is 0.270 e. The number of nitro groups is 1. The number of fused-ring (bicyclic) bond motifs is 1. The van der Waals surface area contributed by atoms with E-state index in [1.54, 1.807) is 48.5 Å². The molecule has 0 N–H and O–H groups in total. The minimum atomic E-state index is -0.573. The van der Waals surface area contributed by atoms with Gasteiger partial charge in [0.1, 0.15) is 5.75 Å². The Kier molecular flexibility index (Phi) is 6.35. The molecule has 0 fully saturated rings. The molecule has 0 aliphatic carbocycles. The number of non-ortho nitro benzene ring substituents is 1. The third kappa shape index (κ3) is 4.36. The molecular formula is C25H21N3O6. The van der Waals surface area contributed by atoms with E-state index < -0.39 is 22.6 Å². The van der Waals surface area contributed by atoms with Crippen molar-refractivity contribution in [3.63, 3.8) is 0 Å². The van der Waals surface area contributed by atoms with Crippen LogP contribution in [0, 0.1) is 10.1 Å². The van der Waals surface area contributed by atoms with E-state index in [9.17, 15) is 24.5 Å². The normalized spacial score (nSPS) is 12.4. The molecule has 9 nitrogen and oxygen atoms in total. The van der Waals surface area contributed by atoms with E-state index in [0.717, 1.165) is 4.90 Å². The molecule has 1 aliphatic rings. The summed E-state index contributed by atoms with van der Waals surface area (Å²) in [6, 6.07) is 18.8. The summed E-state index contributed by atoms with van der Waals surface area (Å²) in [5.41, 5.74) is 1.05. The summed E-state index contributed by atoms with van der Waals surface area (Å²) in [7, 11) is 0. The fraction of sp³-hybridized carbons (Fsp3) is 0.160. The van der Waals surface area contributed by atoms with Crippen molar-refractivity contribution in [1.82, 2.24) is 4.90 Å². The van der Waals surface area contributed by atoms with Gasteiger partial charge in [0.15, 0.2) is 0 Å². The average Bonchev–Trinajstić information content (AvgIpc) is 3.10. The summed E-state index contributed by atoms with van der Waals surface area (Å²) in [5, 5.41) is 11.2. The minimum Gasteiger partial charge on any atom is -0.494 e. The van der Waals surface area contributed by atoms with Gasteiger partial charge in [0.25, 0.3) is 23.4 Å². The summed E-state index contributed by atoms with van der Waals surface area (Å²) < 4.78 is 5.46. The lowest BCUT2D eigenvalue weighted by molar-refractivity contribution is -0.384. The maximum absolute atomic E-state index is 13.4. The lowest BCUT2D eigenvalue weighted by Crippen LogP contribution is -2.41. The zero-order valence-electron chi connectivity index (χ0n) is 18.3. The third-order valence-electron chi connectivity index (χ3n) is 5.43. The molecule has 3 amide bonds. The maximum atomic E-state index is 13.4. The fourth-order valence-electron chi connectivity index (χ4n) is 3.79. The van der Waals surface area contributed by atoms with Crippen LogP contribution in [0.3, 0.4) is 0 Å². The minimum absolute atomic E-state index is 0.000968. The summed E-state index contributed by atoms with van der Waals surface area (Å²) >= 11 is 0. The molecule has 0 bridgehead atoms. The van der Waals surface area contributed by atoms with Crippen LogP contribution in [-0.4, -0.2) is 47.2 Å². The van der Waals surface area contributed by atoms with E-state index in [-0.39, 0.29) is 24.3 Å². The van der Waals surface area contributed by atoms with Gasteiger partial charge in [-0.3, -0.25) is 29.4 Å². The number of rotatable bonds is 8. The van der Waals surface area contributed by atoms with Crippen molar-refractivity contribution in [3.05, 3.63) is 99.6 Å². The highest BCUT2D eigenvalue weighted by Crippen LogP contribution is 2.25. The van der Waals surface area contributed by atoms with Crippen LogP contribution < -0.4 is 9.64 Å². The number of nitro benzene ring substituents is 1. The summed E-state index contributed by atoms with van der Waals surface area (Å²) in [6.45, 7) is 2.30. The molecule has 0 aromatic heterocycles. The predicted molar refractivity (Wildman–Crippen MR) is 124 cm³/mol. The molecule has 0 atom stereocenters. The Morgan fingerprint density at radius 2 is 1.62 bits per heavy atom. The van der Waals surface area contributed by atoms with Crippen LogP contribution in [-0.2, 0) is 0 Å². The molecule has 34 heavy (non-hydrogen) atoms. The molecular weight excluding hydrogens is 438 g/mol. The van der Waals surface area contributed by atoms with Gasteiger partial charge in [0, 0.05) is 36.5 Å². The quantitative estimate of drug-likeness (QED) is 0.287. The Hall–Kier alpha value is -4.53. The first kappa shape index (κ1) is 22.7. The second-order valence-corrected chi connectivity index (χ2v) is 7.50. The first-order valence-electron chi connectivity index (χ1n) is 10.6. The number of ether oxygens (including phenoxy) is 1. The van der Waals surface area contributed by atoms with E-state index in [4.69, 9.17) is 4.74 Å². The molecule has 0 saturated heterocycles. The second kappa shape index (κ2) is 9.53. The van der Waals surface area contributed by atoms with Gasteiger partial charge in [-0.25, -0.2) is 0 Å². The van der Waals surface area contributed by atoms with E-state index in [1.807, 2.05) is 6.92 Å². The zero-order valence-corrected chi connectivity index (χ0v) is 18.3. The lowest BCUT2D eigenvalue weighted by Gasteiger charge is -2.25. The molecule has 1 heterocycles. The van der Waals surface area contributed by atoms with E-state index >= 15 is 0 Å². The molecule has 9 heteroatoms. The van der Waals surface area contributed by atoms with Crippen LogP contribution in [0.5, 0.6) is 5.75 Å². The van der Waals surface area contributed by atoms with Crippen molar-refractivity contribution in [3.8, 4) is 5.75 Å². The van der Waals surface area contributed by atoms with Gasteiger partial charge in [-0.15, -0.1) is 0 Å². The molecule has 0 unspecified atom stereocenters. The van der Waals surface area contributed by atoms with Gasteiger partial charge in [-0.2, -0.15) is 0 Å². The van der Waals surface area contributed by atoms with Crippen LogP contribution >= 0.6 is 0 Å². The summed E-state index contributed by atoms with van der Waals surface area (Å²) in [4.78, 5) is 52.0. The highest BCUT2D eigenvalue weighted by molar-refractivity contribution is 6.21. The van der Waals surface area contributed by atoms with Crippen molar-refractivity contribution in [2.24, 2.45) is 0 Å². The SMILES string of the molecule is CCOc1ccc(N(CCN2C(=O)c3ccccc3C2=O)C(=O)c2cccc([N+](=O)[O-])c2)cc1. The van der Waals surface area contributed by atoms with Crippen molar-refractivity contribution in [2.75, 3.05) is 24.6 Å². The number of benzene rings is 3. The number of carbonyl (C=O) groups excluding carboxylic acids is 3. The van der Waals surface area contributed by atoms with Crippen LogP contribution in [0.1, 0.15) is 38.0 Å². The molecule has 3 aromatic rings. The zero-order chi connectivity index (χ0) is 24.2. The molecule has 172 valence electrons. The average molecular weight is 459 g/mol. The number of amides is 3. The Labute approximate surface area is 195 Å². The van der Waals surface area contributed by atoms with Crippen molar-refractivity contribution < 1.29 is 24.0 Å². The highest BCUT2D eigenvalue weighted by atomic mass is 16.6. The van der Waals surface area contributed by atoms with Gasteiger partial charge in [0.05, 0.1) is 22.7 Å².